The molecule has 0 spiro atoms. The number of nitrogens with one attached hydrogen (secondary N) is 1. The van der Waals surface area contributed by atoms with Gasteiger partial charge in [-0.1, -0.05) is 18.8 Å². The second-order valence-electron chi connectivity index (χ2n) is 5.08. The minimum Gasteiger partial charge on any atom is -0.351 e. The summed E-state index contributed by atoms with van der Waals surface area (Å²) in [4.78, 5) is 11.9. The first-order chi connectivity index (χ1) is 8.63. The molecule has 1 fully saturated rings. The smallest absolute Gasteiger partial charge is 0.251 e. The Hall–Kier alpha value is -1.79. The Labute approximate surface area is 108 Å². The summed E-state index contributed by atoms with van der Waals surface area (Å²) in [6.45, 7) is 3.31. The van der Waals surface area contributed by atoms with Crippen molar-refractivity contribution in [3.63, 3.8) is 0 Å². The Balaban J connectivity index is 1.93. The van der Waals surface area contributed by atoms with Gasteiger partial charge in [-0.15, -0.1) is 0 Å². The van der Waals surface area contributed by atoms with Gasteiger partial charge in [-0.2, -0.15) is 0 Å². The van der Waals surface area contributed by atoms with Crippen LogP contribution in [0, 0.1) is 17.3 Å². The highest BCUT2D eigenvalue weighted by atomic mass is 16.1. The van der Waals surface area contributed by atoms with Crippen molar-refractivity contribution in [2.24, 2.45) is 11.1 Å². The Morgan fingerprint density at radius 1 is 1.39 bits per heavy atom. The summed E-state index contributed by atoms with van der Waals surface area (Å²) in [7, 11) is 0. The Morgan fingerprint density at radius 3 is 2.61 bits per heavy atom. The molecule has 2 rings (SSSR count). The molecule has 3 heteroatoms. The predicted molar refractivity (Wildman–Crippen MR) is 72.0 cm³/mol. The molecule has 3 nitrogen and oxygen atoms in total. The fourth-order valence-corrected chi connectivity index (χ4v) is 1.64. The second kappa shape index (κ2) is 5.24. The third-order valence-electron chi connectivity index (χ3n) is 3.26. The van der Waals surface area contributed by atoms with Crippen LogP contribution >= 0.6 is 0 Å². The van der Waals surface area contributed by atoms with Crippen molar-refractivity contribution >= 4 is 5.91 Å². The maximum absolute atomic E-state index is 11.9. The lowest BCUT2D eigenvalue weighted by atomic mass is 10.1. The minimum atomic E-state index is -0.0125. The van der Waals surface area contributed by atoms with Crippen LogP contribution in [-0.2, 0) is 0 Å². The van der Waals surface area contributed by atoms with E-state index in [4.69, 9.17) is 5.73 Å². The highest BCUT2D eigenvalue weighted by Gasteiger charge is 2.37. The molecule has 1 saturated carbocycles. The fraction of sp³-hybridized carbons (Fsp3) is 0.400. The van der Waals surface area contributed by atoms with Gasteiger partial charge in [-0.25, -0.2) is 0 Å². The number of hydrogen-bond donors (Lipinski definition) is 2. The number of benzene rings is 1. The highest BCUT2D eigenvalue weighted by Crippen LogP contribution is 2.44. The zero-order chi connectivity index (χ0) is 13.0. The number of amides is 1. The van der Waals surface area contributed by atoms with Crippen LogP contribution in [0.3, 0.4) is 0 Å². The van der Waals surface area contributed by atoms with E-state index in [1.807, 2.05) is 12.1 Å². The van der Waals surface area contributed by atoms with Crippen LogP contribution in [0.4, 0.5) is 0 Å². The normalized spacial score (nSPS) is 15.4. The molecule has 0 heterocycles. The van der Waals surface area contributed by atoms with Crippen molar-refractivity contribution in [3.8, 4) is 11.8 Å². The molecule has 0 radical (unpaired) electrons. The van der Waals surface area contributed by atoms with E-state index in [2.05, 4.69) is 24.1 Å². The summed E-state index contributed by atoms with van der Waals surface area (Å²) >= 11 is 0. The zero-order valence-electron chi connectivity index (χ0n) is 10.6. The van der Waals surface area contributed by atoms with Gasteiger partial charge in [0, 0.05) is 17.7 Å². The first-order valence-electron chi connectivity index (χ1n) is 6.20. The maximum atomic E-state index is 11.9. The lowest BCUT2D eigenvalue weighted by molar-refractivity contribution is 0.0946. The Bertz CT molecular complexity index is 489. The average Bonchev–Trinajstić information content (AvgIpc) is 3.13. The molecule has 1 aliphatic carbocycles. The van der Waals surface area contributed by atoms with E-state index in [1.165, 1.54) is 12.8 Å². The molecule has 0 atom stereocenters. The van der Waals surface area contributed by atoms with Crippen LogP contribution in [-0.4, -0.2) is 19.0 Å². The summed E-state index contributed by atoms with van der Waals surface area (Å²) in [6, 6.07) is 7.28. The molecule has 1 aliphatic rings. The molecular weight excluding hydrogens is 224 g/mol. The van der Waals surface area contributed by atoms with Gasteiger partial charge < -0.3 is 11.1 Å². The lowest BCUT2D eigenvalue weighted by Crippen LogP contribution is -2.28. The topological polar surface area (TPSA) is 55.1 Å². The average molecular weight is 242 g/mol. The standard InChI is InChI=1S/C15H18N2O/c1-15(8-9-15)11-17-14(18)13-6-4-12(5-7-13)3-2-10-16/h4-7H,8-11,16H2,1H3,(H,17,18). The van der Waals surface area contributed by atoms with Crippen LogP contribution in [0.2, 0.25) is 0 Å². The monoisotopic (exact) mass is 242 g/mol. The molecule has 18 heavy (non-hydrogen) atoms. The van der Waals surface area contributed by atoms with E-state index < -0.39 is 0 Å². The van der Waals surface area contributed by atoms with Crippen molar-refractivity contribution < 1.29 is 4.79 Å². The van der Waals surface area contributed by atoms with E-state index in [9.17, 15) is 4.79 Å². The van der Waals surface area contributed by atoms with Gasteiger partial charge in [0.05, 0.1) is 6.54 Å². The maximum Gasteiger partial charge on any atom is 0.251 e. The molecule has 1 aromatic carbocycles. The minimum absolute atomic E-state index is 0.0125. The summed E-state index contributed by atoms with van der Waals surface area (Å²) in [5, 5.41) is 2.97. The fourth-order valence-electron chi connectivity index (χ4n) is 1.64. The third-order valence-corrected chi connectivity index (χ3v) is 3.26. The van der Waals surface area contributed by atoms with E-state index in [0.717, 1.165) is 12.1 Å². The number of carbonyl (C=O) groups excluding carboxylic acids is 1. The van der Waals surface area contributed by atoms with Crippen molar-refractivity contribution in [1.29, 1.82) is 0 Å². The van der Waals surface area contributed by atoms with Crippen molar-refractivity contribution in [2.75, 3.05) is 13.1 Å². The first-order valence-corrected chi connectivity index (χ1v) is 6.20. The second-order valence-corrected chi connectivity index (χ2v) is 5.08. The molecule has 0 aromatic heterocycles. The molecule has 1 amide bonds. The number of carbonyl (C=O) groups is 1. The van der Waals surface area contributed by atoms with Gasteiger partial charge in [0.15, 0.2) is 0 Å². The largest absolute Gasteiger partial charge is 0.351 e. The number of hydrogen-bond acceptors (Lipinski definition) is 2. The van der Waals surface area contributed by atoms with Crippen LogP contribution in [0.1, 0.15) is 35.7 Å². The molecule has 3 N–H and O–H groups in total. The van der Waals surface area contributed by atoms with Crippen LogP contribution in [0.5, 0.6) is 0 Å². The van der Waals surface area contributed by atoms with Gasteiger partial charge >= 0.3 is 0 Å². The first kappa shape index (κ1) is 12.7. The third kappa shape index (κ3) is 3.35. The van der Waals surface area contributed by atoms with E-state index >= 15 is 0 Å². The van der Waals surface area contributed by atoms with E-state index in [-0.39, 0.29) is 5.91 Å². The van der Waals surface area contributed by atoms with Crippen molar-refractivity contribution in [2.45, 2.75) is 19.8 Å². The summed E-state index contributed by atoms with van der Waals surface area (Å²) in [6.07, 6.45) is 2.42. The molecule has 0 saturated heterocycles. The quantitative estimate of drug-likeness (QED) is 0.790. The molecule has 0 aliphatic heterocycles. The molecule has 0 unspecified atom stereocenters. The van der Waals surface area contributed by atoms with E-state index in [0.29, 0.717) is 17.5 Å². The van der Waals surface area contributed by atoms with E-state index in [1.54, 1.807) is 12.1 Å². The Morgan fingerprint density at radius 2 is 2.06 bits per heavy atom. The number of nitrogens with two attached hydrogens (primary N) is 1. The molecular formula is C15H18N2O. The van der Waals surface area contributed by atoms with Crippen LogP contribution in [0.25, 0.3) is 0 Å². The molecule has 0 bridgehead atoms. The predicted octanol–water partition coefficient (Wildman–Crippen LogP) is 1.53. The summed E-state index contributed by atoms with van der Waals surface area (Å²) < 4.78 is 0. The van der Waals surface area contributed by atoms with Gasteiger partial charge in [-0.05, 0) is 42.5 Å². The lowest BCUT2D eigenvalue weighted by Gasteiger charge is -2.09. The van der Waals surface area contributed by atoms with Crippen LogP contribution in [0.15, 0.2) is 24.3 Å². The molecule has 94 valence electrons. The van der Waals surface area contributed by atoms with Crippen molar-refractivity contribution in [3.05, 3.63) is 35.4 Å². The Kier molecular flexibility index (Phi) is 3.69. The number of rotatable bonds is 3. The zero-order valence-corrected chi connectivity index (χ0v) is 10.6. The summed E-state index contributed by atoms with van der Waals surface area (Å²) in [5.74, 6) is 5.70. The van der Waals surface area contributed by atoms with Crippen molar-refractivity contribution in [1.82, 2.24) is 5.32 Å². The van der Waals surface area contributed by atoms with Crippen LogP contribution < -0.4 is 11.1 Å². The van der Waals surface area contributed by atoms with Gasteiger partial charge in [0.1, 0.15) is 0 Å². The molecule has 1 aromatic rings. The van der Waals surface area contributed by atoms with Gasteiger partial charge in [0.25, 0.3) is 5.91 Å². The highest BCUT2D eigenvalue weighted by molar-refractivity contribution is 5.94. The van der Waals surface area contributed by atoms with Gasteiger partial charge in [0.2, 0.25) is 0 Å². The summed E-state index contributed by atoms with van der Waals surface area (Å²) in [5.41, 5.74) is 7.20. The SMILES string of the molecule is CC1(CNC(=O)c2ccc(C#CCN)cc2)CC1. The van der Waals surface area contributed by atoms with Gasteiger partial charge in [-0.3, -0.25) is 4.79 Å².